The molecule has 0 fully saturated rings. The first kappa shape index (κ1) is 12.6. The van der Waals surface area contributed by atoms with Crippen LogP contribution >= 0.6 is 15.9 Å². The van der Waals surface area contributed by atoms with E-state index < -0.39 is 0 Å². The average molecular weight is 319 g/mol. The van der Waals surface area contributed by atoms with Gasteiger partial charge in [0.1, 0.15) is 5.82 Å². The van der Waals surface area contributed by atoms with Crippen molar-refractivity contribution in [3.05, 3.63) is 51.9 Å². The summed E-state index contributed by atoms with van der Waals surface area (Å²) < 4.78 is 1.15. The summed E-state index contributed by atoms with van der Waals surface area (Å²) in [7, 11) is 0. The lowest BCUT2D eigenvalue weighted by atomic mass is 10.1. The summed E-state index contributed by atoms with van der Waals surface area (Å²) in [4.78, 5) is 10.9. The monoisotopic (exact) mass is 318 g/mol. The molecule has 98 valence electrons. The molecular weight excluding hydrogens is 304 g/mol. The van der Waals surface area contributed by atoms with Crippen LogP contribution in [-0.4, -0.2) is 21.4 Å². The fraction of sp³-hybridized carbons (Fsp3) is 0.286. The number of nitrogen functional groups attached to an aromatic ring is 1. The van der Waals surface area contributed by atoms with Crippen LogP contribution in [0.4, 0.5) is 5.82 Å². The van der Waals surface area contributed by atoms with Gasteiger partial charge in [0.25, 0.3) is 0 Å². The number of halogens is 1. The smallest absolute Gasteiger partial charge is 0.123 e. The molecule has 0 aliphatic carbocycles. The molecule has 2 N–H and O–H groups in total. The van der Waals surface area contributed by atoms with Gasteiger partial charge in [0.2, 0.25) is 0 Å². The minimum atomic E-state index is 0.581. The maximum Gasteiger partial charge on any atom is 0.123 e. The van der Waals surface area contributed by atoms with Crippen molar-refractivity contribution in [1.29, 1.82) is 0 Å². The van der Waals surface area contributed by atoms with Gasteiger partial charge < -0.3 is 5.73 Å². The SMILES string of the molecule is Nc1cc(CN2CCc3nccc(Br)c3C2)ccn1. The molecule has 1 aliphatic heterocycles. The zero-order valence-corrected chi connectivity index (χ0v) is 12.1. The van der Waals surface area contributed by atoms with Gasteiger partial charge in [-0.3, -0.25) is 9.88 Å². The van der Waals surface area contributed by atoms with Crippen molar-refractivity contribution in [3.8, 4) is 0 Å². The van der Waals surface area contributed by atoms with Crippen LogP contribution in [0.3, 0.4) is 0 Å². The van der Waals surface area contributed by atoms with Gasteiger partial charge in [0.05, 0.1) is 0 Å². The van der Waals surface area contributed by atoms with E-state index in [1.165, 1.54) is 16.8 Å². The third-order valence-electron chi connectivity index (χ3n) is 3.39. The summed E-state index contributed by atoms with van der Waals surface area (Å²) in [6.45, 7) is 2.85. The van der Waals surface area contributed by atoms with Crippen molar-refractivity contribution in [2.45, 2.75) is 19.5 Å². The predicted octanol–water partition coefficient (Wildman–Crippen LogP) is 2.38. The fourth-order valence-corrected chi connectivity index (χ4v) is 2.92. The van der Waals surface area contributed by atoms with E-state index >= 15 is 0 Å². The predicted molar refractivity (Wildman–Crippen MR) is 78.4 cm³/mol. The second-order valence-electron chi connectivity index (χ2n) is 4.77. The summed E-state index contributed by atoms with van der Waals surface area (Å²) in [5.74, 6) is 0.581. The summed E-state index contributed by atoms with van der Waals surface area (Å²) in [5.41, 5.74) is 9.43. The van der Waals surface area contributed by atoms with Crippen LogP contribution in [0.2, 0.25) is 0 Å². The molecule has 5 heteroatoms. The van der Waals surface area contributed by atoms with Crippen LogP contribution in [0, 0.1) is 0 Å². The molecule has 0 amide bonds. The number of anilines is 1. The van der Waals surface area contributed by atoms with Gasteiger partial charge in [-0.2, -0.15) is 0 Å². The summed E-state index contributed by atoms with van der Waals surface area (Å²) >= 11 is 3.61. The van der Waals surface area contributed by atoms with Crippen LogP contribution in [0.25, 0.3) is 0 Å². The average Bonchev–Trinajstić information content (AvgIpc) is 2.40. The van der Waals surface area contributed by atoms with Gasteiger partial charge in [-0.1, -0.05) is 15.9 Å². The molecule has 0 spiro atoms. The van der Waals surface area contributed by atoms with Gasteiger partial charge in [0.15, 0.2) is 0 Å². The molecule has 0 saturated heterocycles. The van der Waals surface area contributed by atoms with Crippen LogP contribution < -0.4 is 5.73 Å². The van der Waals surface area contributed by atoms with Crippen molar-refractivity contribution in [3.63, 3.8) is 0 Å². The Labute approximate surface area is 120 Å². The Morgan fingerprint density at radius 2 is 2.11 bits per heavy atom. The minimum absolute atomic E-state index is 0.581. The van der Waals surface area contributed by atoms with E-state index in [2.05, 4.69) is 30.8 Å². The Morgan fingerprint density at radius 1 is 1.26 bits per heavy atom. The largest absolute Gasteiger partial charge is 0.384 e. The first-order valence-electron chi connectivity index (χ1n) is 6.27. The molecule has 2 aromatic rings. The topological polar surface area (TPSA) is 55.0 Å². The highest BCUT2D eigenvalue weighted by atomic mass is 79.9. The van der Waals surface area contributed by atoms with E-state index in [-0.39, 0.29) is 0 Å². The molecule has 0 saturated carbocycles. The van der Waals surface area contributed by atoms with Crippen molar-refractivity contribution in [1.82, 2.24) is 14.9 Å². The lowest BCUT2D eigenvalue weighted by Gasteiger charge is -2.28. The third-order valence-corrected chi connectivity index (χ3v) is 4.13. The van der Waals surface area contributed by atoms with E-state index in [0.29, 0.717) is 5.82 Å². The number of pyridine rings is 2. The minimum Gasteiger partial charge on any atom is -0.384 e. The van der Waals surface area contributed by atoms with Crippen molar-refractivity contribution >= 4 is 21.7 Å². The number of hydrogen-bond acceptors (Lipinski definition) is 4. The maximum absolute atomic E-state index is 5.72. The molecule has 0 aromatic carbocycles. The lowest BCUT2D eigenvalue weighted by molar-refractivity contribution is 0.243. The van der Waals surface area contributed by atoms with Gasteiger partial charge in [-0.05, 0) is 23.8 Å². The zero-order chi connectivity index (χ0) is 13.2. The Hall–Kier alpha value is -1.46. The van der Waals surface area contributed by atoms with E-state index in [1.54, 1.807) is 6.20 Å². The van der Waals surface area contributed by atoms with E-state index in [1.807, 2.05) is 24.4 Å². The zero-order valence-electron chi connectivity index (χ0n) is 10.5. The van der Waals surface area contributed by atoms with Crippen LogP contribution in [0.15, 0.2) is 35.1 Å². The van der Waals surface area contributed by atoms with Crippen molar-refractivity contribution in [2.24, 2.45) is 0 Å². The lowest BCUT2D eigenvalue weighted by Crippen LogP contribution is -2.30. The number of hydrogen-bond donors (Lipinski definition) is 1. The molecule has 3 heterocycles. The Bertz CT molecular complexity index is 600. The number of nitrogens with zero attached hydrogens (tertiary/aromatic N) is 3. The van der Waals surface area contributed by atoms with E-state index in [0.717, 1.165) is 30.5 Å². The molecule has 0 radical (unpaired) electrons. The quantitative estimate of drug-likeness (QED) is 0.923. The molecule has 2 aromatic heterocycles. The number of nitrogens with two attached hydrogens (primary N) is 1. The first-order chi connectivity index (χ1) is 9.22. The van der Waals surface area contributed by atoms with Gasteiger partial charge >= 0.3 is 0 Å². The molecule has 19 heavy (non-hydrogen) atoms. The Kier molecular flexibility index (Phi) is 3.48. The number of aromatic nitrogens is 2. The van der Waals surface area contributed by atoms with Crippen molar-refractivity contribution < 1.29 is 0 Å². The second kappa shape index (κ2) is 5.27. The van der Waals surface area contributed by atoms with Crippen LogP contribution in [-0.2, 0) is 19.5 Å². The molecule has 0 unspecified atom stereocenters. The number of fused-ring (bicyclic) bond motifs is 1. The molecule has 4 nitrogen and oxygen atoms in total. The van der Waals surface area contributed by atoms with Crippen LogP contribution in [0.1, 0.15) is 16.8 Å². The molecule has 1 aliphatic rings. The van der Waals surface area contributed by atoms with Crippen molar-refractivity contribution in [2.75, 3.05) is 12.3 Å². The molecule has 0 bridgehead atoms. The van der Waals surface area contributed by atoms with Crippen LogP contribution in [0.5, 0.6) is 0 Å². The normalized spacial score (nSPS) is 15.2. The number of rotatable bonds is 2. The second-order valence-corrected chi connectivity index (χ2v) is 5.62. The summed E-state index contributed by atoms with van der Waals surface area (Å²) in [6, 6.07) is 5.96. The van der Waals surface area contributed by atoms with Gasteiger partial charge in [-0.25, -0.2) is 4.98 Å². The molecular formula is C14H15BrN4. The first-order valence-corrected chi connectivity index (χ1v) is 7.06. The highest BCUT2D eigenvalue weighted by Crippen LogP contribution is 2.25. The van der Waals surface area contributed by atoms with E-state index in [4.69, 9.17) is 5.73 Å². The van der Waals surface area contributed by atoms with E-state index in [9.17, 15) is 0 Å². The highest BCUT2D eigenvalue weighted by Gasteiger charge is 2.19. The summed E-state index contributed by atoms with van der Waals surface area (Å²) in [6.07, 6.45) is 4.62. The standard InChI is InChI=1S/C14H15BrN4/c15-12-2-5-17-13-3-6-19(9-11(12)13)8-10-1-4-18-14(16)7-10/h1-2,4-5,7H,3,6,8-9H2,(H2,16,18). The molecule has 0 atom stereocenters. The molecule has 3 rings (SSSR count). The summed E-state index contributed by atoms with van der Waals surface area (Å²) in [5, 5.41) is 0. The Balaban J connectivity index is 1.77. The van der Waals surface area contributed by atoms with Gasteiger partial charge in [0, 0.05) is 54.2 Å². The van der Waals surface area contributed by atoms with Gasteiger partial charge in [-0.15, -0.1) is 0 Å². The fourth-order valence-electron chi connectivity index (χ4n) is 2.44. The Morgan fingerprint density at radius 3 is 2.95 bits per heavy atom. The highest BCUT2D eigenvalue weighted by molar-refractivity contribution is 9.10. The third kappa shape index (κ3) is 2.77. The maximum atomic E-state index is 5.72.